The zero-order valence-corrected chi connectivity index (χ0v) is 8.66. The highest BCUT2D eigenvalue weighted by Gasteiger charge is 2.27. The summed E-state index contributed by atoms with van der Waals surface area (Å²) in [5.41, 5.74) is 0. The number of hydrogen-bond donors (Lipinski definition) is 1. The molecule has 0 bridgehead atoms. The van der Waals surface area contributed by atoms with Crippen LogP contribution in [-0.4, -0.2) is 43.3 Å². The average Bonchev–Trinajstić information content (AvgIpc) is 2.62. The number of rotatable bonds is 2. The summed E-state index contributed by atoms with van der Waals surface area (Å²) in [5.74, 6) is 0. The maximum Gasteiger partial charge on any atom is 0.317 e. The summed E-state index contributed by atoms with van der Waals surface area (Å²) in [6.45, 7) is 1.47. The van der Waals surface area contributed by atoms with Crippen LogP contribution in [0.1, 0.15) is 25.7 Å². The largest absolute Gasteiger partial charge is 0.379 e. The van der Waals surface area contributed by atoms with Gasteiger partial charge in [-0.2, -0.15) is 0 Å². The zero-order chi connectivity index (χ0) is 9.97. The van der Waals surface area contributed by atoms with E-state index >= 15 is 0 Å². The zero-order valence-electron chi connectivity index (χ0n) is 8.66. The van der Waals surface area contributed by atoms with E-state index in [1.54, 1.807) is 4.90 Å². The molecule has 2 aliphatic rings. The molecule has 0 spiro atoms. The van der Waals surface area contributed by atoms with Gasteiger partial charge in [-0.05, 0) is 25.7 Å². The third-order valence-corrected chi connectivity index (χ3v) is 3.21. The number of amides is 2. The molecule has 0 radical (unpaired) electrons. The monoisotopic (exact) mass is 198 g/mol. The molecule has 2 amide bonds. The van der Waals surface area contributed by atoms with Crippen molar-refractivity contribution in [1.82, 2.24) is 10.2 Å². The van der Waals surface area contributed by atoms with Gasteiger partial charge >= 0.3 is 6.03 Å². The van der Waals surface area contributed by atoms with Crippen molar-refractivity contribution < 1.29 is 9.53 Å². The Kier molecular flexibility index (Phi) is 2.91. The van der Waals surface area contributed by atoms with E-state index in [0.29, 0.717) is 12.6 Å². The van der Waals surface area contributed by atoms with Crippen molar-refractivity contribution in [3.05, 3.63) is 0 Å². The van der Waals surface area contributed by atoms with Crippen LogP contribution >= 0.6 is 0 Å². The molecule has 2 fully saturated rings. The third kappa shape index (κ3) is 2.00. The molecule has 80 valence electrons. The summed E-state index contributed by atoms with van der Waals surface area (Å²) < 4.78 is 5.25. The van der Waals surface area contributed by atoms with Crippen LogP contribution < -0.4 is 5.32 Å². The lowest BCUT2D eigenvalue weighted by molar-refractivity contribution is 0.153. The Hall–Kier alpha value is -0.770. The predicted octanol–water partition coefficient (Wildman–Crippen LogP) is 0.969. The van der Waals surface area contributed by atoms with Gasteiger partial charge in [0.15, 0.2) is 0 Å². The number of nitrogens with zero attached hydrogens (tertiary/aromatic N) is 1. The van der Waals surface area contributed by atoms with Crippen LogP contribution in [0.3, 0.4) is 0 Å². The number of likely N-dealkylation sites (N-methyl/N-ethyl adjacent to an activating group) is 1. The van der Waals surface area contributed by atoms with E-state index in [-0.39, 0.29) is 12.1 Å². The van der Waals surface area contributed by atoms with Crippen molar-refractivity contribution in [2.45, 2.75) is 37.8 Å². The fourth-order valence-electron chi connectivity index (χ4n) is 1.82. The molecule has 1 heterocycles. The smallest absolute Gasteiger partial charge is 0.317 e. The number of carbonyl (C=O) groups excluding carboxylic acids is 1. The minimum Gasteiger partial charge on any atom is -0.379 e. The lowest BCUT2D eigenvalue weighted by atomic mass is 9.93. The summed E-state index contributed by atoms with van der Waals surface area (Å²) in [6.07, 6.45) is 4.50. The van der Waals surface area contributed by atoms with Gasteiger partial charge in [-0.3, -0.25) is 0 Å². The Morgan fingerprint density at radius 2 is 2.21 bits per heavy atom. The van der Waals surface area contributed by atoms with Gasteiger partial charge in [0.2, 0.25) is 0 Å². The van der Waals surface area contributed by atoms with Crippen molar-refractivity contribution in [1.29, 1.82) is 0 Å². The molecule has 1 saturated heterocycles. The molecule has 1 aliphatic heterocycles. The third-order valence-electron chi connectivity index (χ3n) is 3.21. The maximum absolute atomic E-state index is 11.7. The van der Waals surface area contributed by atoms with Gasteiger partial charge in [0.1, 0.15) is 0 Å². The second-order valence-corrected chi connectivity index (χ2v) is 4.21. The van der Waals surface area contributed by atoms with Crippen LogP contribution in [0.5, 0.6) is 0 Å². The lowest BCUT2D eigenvalue weighted by Crippen LogP contribution is -2.49. The van der Waals surface area contributed by atoms with Gasteiger partial charge in [0.05, 0.1) is 12.6 Å². The standard InChI is InChI=1S/C10H18N2O2/c1-12(9-5-6-14-7-9)10(13)11-8-3-2-4-8/h8-9H,2-7H2,1H3,(H,11,13). The van der Waals surface area contributed by atoms with E-state index in [9.17, 15) is 4.79 Å². The van der Waals surface area contributed by atoms with E-state index in [4.69, 9.17) is 4.74 Å². The summed E-state index contributed by atoms with van der Waals surface area (Å²) in [6, 6.07) is 0.757. The molecular weight excluding hydrogens is 180 g/mol. The Balaban J connectivity index is 1.77. The first-order valence-corrected chi connectivity index (χ1v) is 5.38. The van der Waals surface area contributed by atoms with Crippen LogP contribution in [0.15, 0.2) is 0 Å². The Labute approximate surface area is 84.6 Å². The van der Waals surface area contributed by atoms with E-state index in [1.165, 1.54) is 6.42 Å². The molecular formula is C10H18N2O2. The van der Waals surface area contributed by atoms with E-state index in [1.807, 2.05) is 7.05 Å². The molecule has 2 rings (SSSR count). The summed E-state index contributed by atoms with van der Waals surface area (Å²) >= 11 is 0. The predicted molar refractivity (Wildman–Crippen MR) is 53.2 cm³/mol. The number of urea groups is 1. The van der Waals surface area contributed by atoms with Crippen LogP contribution in [0.25, 0.3) is 0 Å². The minimum atomic E-state index is 0.0604. The van der Waals surface area contributed by atoms with Crippen LogP contribution in [0, 0.1) is 0 Å². The molecule has 1 unspecified atom stereocenters. The molecule has 4 nitrogen and oxygen atoms in total. The highest BCUT2D eigenvalue weighted by atomic mass is 16.5. The van der Waals surface area contributed by atoms with Crippen molar-refractivity contribution >= 4 is 6.03 Å². The fraction of sp³-hybridized carbons (Fsp3) is 0.900. The number of nitrogens with one attached hydrogen (secondary N) is 1. The molecule has 4 heteroatoms. The summed E-state index contributed by atoms with van der Waals surface area (Å²) in [4.78, 5) is 13.5. The molecule has 1 atom stereocenters. The van der Waals surface area contributed by atoms with E-state index < -0.39 is 0 Å². The molecule has 1 aliphatic carbocycles. The van der Waals surface area contributed by atoms with Crippen LogP contribution in [-0.2, 0) is 4.74 Å². The molecule has 1 N–H and O–H groups in total. The Morgan fingerprint density at radius 3 is 2.71 bits per heavy atom. The van der Waals surface area contributed by atoms with Crippen molar-refractivity contribution in [2.75, 3.05) is 20.3 Å². The van der Waals surface area contributed by atoms with Crippen molar-refractivity contribution in [3.63, 3.8) is 0 Å². The Morgan fingerprint density at radius 1 is 1.43 bits per heavy atom. The SMILES string of the molecule is CN(C(=O)NC1CCC1)C1CCOC1. The van der Waals surface area contributed by atoms with E-state index in [2.05, 4.69) is 5.32 Å². The van der Waals surface area contributed by atoms with Crippen molar-refractivity contribution in [2.24, 2.45) is 0 Å². The molecule has 0 aromatic heterocycles. The highest BCUT2D eigenvalue weighted by Crippen LogP contribution is 2.19. The second kappa shape index (κ2) is 4.17. The first kappa shape index (κ1) is 9.77. The summed E-state index contributed by atoms with van der Waals surface area (Å²) in [5, 5.41) is 3.02. The molecule has 0 aromatic rings. The first-order valence-electron chi connectivity index (χ1n) is 5.38. The number of carbonyl (C=O) groups is 1. The number of hydrogen-bond acceptors (Lipinski definition) is 2. The van der Waals surface area contributed by atoms with Gasteiger partial charge in [-0.25, -0.2) is 4.79 Å². The van der Waals surface area contributed by atoms with Gasteiger partial charge < -0.3 is 15.0 Å². The van der Waals surface area contributed by atoms with Gasteiger partial charge in [0, 0.05) is 19.7 Å². The molecule has 1 saturated carbocycles. The first-order chi connectivity index (χ1) is 6.77. The average molecular weight is 198 g/mol. The van der Waals surface area contributed by atoms with E-state index in [0.717, 1.165) is 25.9 Å². The van der Waals surface area contributed by atoms with Gasteiger partial charge in [-0.1, -0.05) is 0 Å². The lowest BCUT2D eigenvalue weighted by Gasteiger charge is -2.31. The topological polar surface area (TPSA) is 41.6 Å². The fourth-order valence-corrected chi connectivity index (χ4v) is 1.82. The maximum atomic E-state index is 11.7. The van der Waals surface area contributed by atoms with Crippen molar-refractivity contribution in [3.8, 4) is 0 Å². The molecule has 0 aromatic carbocycles. The van der Waals surface area contributed by atoms with Crippen LogP contribution in [0.2, 0.25) is 0 Å². The van der Waals surface area contributed by atoms with Gasteiger partial charge in [-0.15, -0.1) is 0 Å². The quantitative estimate of drug-likeness (QED) is 0.718. The normalized spacial score (nSPS) is 27.1. The second-order valence-electron chi connectivity index (χ2n) is 4.21. The number of ether oxygens (including phenoxy) is 1. The molecule has 14 heavy (non-hydrogen) atoms. The summed E-state index contributed by atoms with van der Waals surface area (Å²) in [7, 11) is 1.85. The van der Waals surface area contributed by atoms with Gasteiger partial charge in [0.25, 0.3) is 0 Å². The van der Waals surface area contributed by atoms with Crippen LogP contribution in [0.4, 0.5) is 4.79 Å². The minimum absolute atomic E-state index is 0.0604. The Bertz CT molecular complexity index is 210. The highest BCUT2D eigenvalue weighted by molar-refractivity contribution is 5.74.